The molecule has 1 aliphatic rings. The van der Waals surface area contributed by atoms with Gasteiger partial charge in [-0.3, -0.25) is 4.79 Å². The van der Waals surface area contributed by atoms with Gasteiger partial charge in [0.25, 0.3) is 5.91 Å². The van der Waals surface area contributed by atoms with Crippen LogP contribution in [0.3, 0.4) is 0 Å². The molecule has 98 valence electrons. The van der Waals surface area contributed by atoms with Gasteiger partial charge in [-0.05, 0) is 37.8 Å². The molecule has 4 N–H and O–H groups in total. The van der Waals surface area contributed by atoms with Gasteiger partial charge >= 0.3 is 0 Å². The van der Waals surface area contributed by atoms with Crippen LogP contribution in [-0.4, -0.2) is 35.2 Å². The fourth-order valence-corrected chi connectivity index (χ4v) is 2.28. The molecule has 0 bridgehead atoms. The molecule has 6 heteroatoms. The molecular weight excluding hydrogens is 230 g/mol. The quantitative estimate of drug-likeness (QED) is 0.794. The molecule has 2 heterocycles. The lowest BCUT2D eigenvalue weighted by Gasteiger charge is -2.34. The second kappa shape index (κ2) is 5.30. The van der Waals surface area contributed by atoms with Gasteiger partial charge in [0.2, 0.25) is 0 Å². The third kappa shape index (κ3) is 2.76. The highest BCUT2D eigenvalue weighted by Gasteiger charge is 2.22. The number of anilines is 1. The van der Waals surface area contributed by atoms with Crippen molar-refractivity contribution in [1.29, 1.82) is 0 Å². The smallest absolute Gasteiger partial charge is 0.269 e. The number of hydrogen-bond donors (Lipinski definition) is 2. The Kier molecular flexibility index (Phi) is 3.76. The minimum absolute atomic E-state index is 0.198. The molecule has 0 aromatic carbocycles. The highest BCUT2D eigenvalue weighted by atomic mass is 16.1. The molecule has 1 fully saturated rings. The SMILES string of the molecule is CC(N)C1CCN(c2ccc(C(N)=O)nn2)CC1. The summed E-state index contributed by atoms with van der Waals surface area (Å²) in [4.78, 5) is 13.1. The summed E-state index contributed by atoms with van der Waals surface area (Å²) in [5.41, 5.74) is 11.2. The maximum absolute atomic E-state index is 10.9. The molecule has 1 saturated heterocycles. The minimum Gasteiger partial charge on any atom is -0.364 e. The van der Waals surface area contributed by atoms with Crippen molar-refractivity contribution in [3.8, 4) is 0 Å². The molecule has 2 rings (SSSR count). The molecule has 1 atom stereocenters. The number of amides is 1. The van der Waals surface area contributed by atoms with Crippen molar-refractivity contribution in [3.63, 3.8) is 0 Å². The minimum atomic E-state index is -0.551. The summed E-state index contributed by atoms with van der Waals surface area (Å²) in [6, 6.07) is 3.65. The summed E-state index contributed by atoms with van der Waals surface area (Å²) in [6.07, 6.45) is 2.13. The van der Waals surface area contributed by atoms with Crippen molar-refractivity contribution in [3.05, 3.63) is 17.8 Å². The topological polar surface area (TPSA) is 98.1 Å². The molecule has 1 aromatic rings. The number of hydrogen-bond acceptors (Lipinski definition) is 5. The largest absolute Gasteiger partial charge is 0.364 e. The van der Waals surface area contributed by atoms with Gasteiger partial charge < -0.3 is 16.4 Å². The van der Waals surface area contributed by atoms with E-state index >= 15 is 0 Å². The number of aromatic nitrogens is 2. The lowest BCUT2D eigenvalue weighted by molar-refractivity contribution is 0.0994. The number of piperidine rings is 1. The third-order valence-electron chi connectivity index (χ3n) is 3.51. The maximum atomic E-state index is 10.9. The average molecular weight is 249 g/mol. The fraction of sp³-hybridized carbons (Fsp3) is 0.583. The molecule has 0 radical (unpaired) electrons. The number of nitrogens with two attached hydrogens (primary N) is 2. The van der Waals surface area contributed by atoms with Crippen molar-refractivity contribution < 1.29 is 4.79 Å². The first-order chi connectivity index (χ1) is 8.58. The molecule has 1 aliphatic heterocycles. The van der Waals surface area contributed by atoms with E-state index in [2.05, 4.69) is 22.0 Å². The van der Waals surface area contributed by atoms with E-state index in [0.29, 0.717) is 5.92 Å². The summed E-state index contributed by atoms with van der Waals surface area (Å²) in [5.74, 6) is 0.826. The van der Waals surface area contributed by atoms with Gasteiger partial charge in [0.1, 0.15) is 0 Å². The van der Waals surface area contributed by atoms with Crippen molar-refractivity contribution in [2.45, 2.75) is 25.8 Å². The summed E-state index contributed by atoms with van der Waals surface area (Å²) in [6.45, 7) is 3.91. The Morgan fingerprint density at radius 2 is 2.06 bits per heavy atom. The van der Waals surface area contributed by atoms with E-state index in [1.54, 1.807) is 12.1 Å². The lowest BCUT2D eigenvalue weighted by atomic mass is 9.91. The summed E-state index contributed by atoms with van der Waals surface area (Å²) in [5, 5.41) is 7.85. The summed E-state index contributed by atoms with van der Waals surface area (Å²) < 4.78 is 0. The van der Waals surface area contributed by atoms with E-state index in [-0.39, 0.29) is 11.7 Å². The fourth-order valence-electron chi connectivity index (χ4n) is 2.28. The van der Waals surface area contributed by atoms with Crippen molar-refractivity contribution in [2.24, 2.45) is 17.4 Å². The zero-order valence-electron chi connectivity index (χ0n) is 10.5. The molecular formula is C12H19N5O. The number of primary amides is 1. The predicted molar refractivity (Wildman–Crippen MR) is 69.1 cm³/mol. The van der Waals surface area contributed by atoms with Crippen LogP contribution in [-0.2, 0) is 0 Å². The Hall–Kier alpha value is -1.69. The van der Waals surface area contributed by atoms with Crippen LogP contribution < -0.4 is 16.4 Å². The first-order valence-corrected chi connectivity index (χ1v) is 6.22. The molecule has 1 amide bonds. The third-order valence-corrected chi connectivity index (χ3v) is 3.51. The molecule has 0 aliphatic carbocycles. The Morgan fingerprint density at radius 1 is 1.39 bits per heavy atom. The Morgan fingerprint density at radius 3 is 2.50 bits per heavy atom. The zero-order chi connectivity index (χ0) is 13.1. The monoisotopic (exact) mass is 249 g/mol. The van der Waals surface area contributed by atoms with Gasteiger partial charge in [-0.1, -0.05) is 0 Å². The lowest BCUT2D eigenvalue weighted by Crippen LogP contribution is -2.40. The van der Waals surface area contributed by atoms with Crippen LogP contribution in [0.15, 0.2) is 12.1 Å². The van der Waals surface area contributed by atoms with Gasteiger partial charge in [0, 0.05) is 19.1 Å². The van der Waals surface area contributed by atoms with Gasteiger partial charge in [0.15, 0.2) is 11.5 Å². The number of nitrogens with zero attached hydrogens (tertiary/aromatic N) is 3. The van der Waals surface area contributed by atoms with Gasteiger partial charge in [-0.15, -0.1) is 10.2 Å². The summed E-state index contributed by atoms with van der Waals surface area (Å²) in [7, 11) is 0. The van der Waals surface area contributed by atoms with Crippen molar-refractivity contribution in [1.82, 2.24) is 10.2 Å². The van der Waals surface area contributed by atoms with E-state index in [1.807, 2.05) is 0 Å². The first kappa shape index (κ1) is 12.8. The molecule has 18 heavy (non-hydrogen) atoms. The average Bonchev–Trinajstić information content (AvgIpc) is 2.39. The number of carbonyl (C=O) groups is 1. The molecule has 0 saturated carbocycles. The predicted octanol–water partition coefficient (Wildman–Crippen LogP) is 0.139. The van der Waals surface area contributed by atoms with Crippen LogP contribution in [0.1, 0.15) is 30.3 Å². The van der Waals surface area contributed by atoms with Crippen LogP contribution in [0, 0.1) is 5.92 Å². The van der Waals surface area contributed by atoms with Crippen LogP contribution in [0.2, 0.25) is 0 Å². The van der Waals surface area contributed by atoms with Crippen LogP contribution in [0.25, 0.3) is 0 Å². The highest BCUT2D eigenvalue weighted by Crippen LogP contribution is 2.22. The van der Waals surface area contributed by atoms with Crippen LogP contribution >= 0.6 is 0 Å². The molecule has 0 spiro atoms. The normalized spacial score (nSPS) is 18.7. The molecule has 1 unspecified atom stereocenters. The Balaban J connectivity index is 1.99. The van der Waals surface area contributed by atoms with Gasteiger partial charge in [0.05, 0.1) is 0 Å². The van der Waals surface area contributed by atoms with E-state index in [1.165, 1.54) is 0 Å². The number of carbonyl (C=O) groups excluding carboxylic acids is 1. The van der Waals surface area contributed by atoms with Crippen molar-refractivity contribution >= 4 is 11.7 Å². The first-order valence-electron chi connectivity index (χ1n) is 6.22. The second-order valence-electron chi connectivity index (χ2n) is 4.82. The van der Waals surface area contributed by atoms with Crippen LogP contribution in [0.4, 0.5) is 5.82 Å². The van der Waals surface area contributed by atoms with Gasteiger partial charge in [-0.25, -0.2) is 0 Å². The van der Waals surface area contributed by atoms with E-state index in [0.717, 1.165) is 31.7 Å². The molecule has 1 aromatic heterocycles. The van der Waals surface area contributed by atoms with Crippen molar-refractivity contribution in [2.75, 3.05) is 18.0 Å². The summed E-state index contributed by atoms with van der Waals surface area (Å²) >= 11 is 0. The zero-order valence-corrected chi connectivity index (χ0v) is 10.5. The Bertz CT molecular complexity index is 409. The maximum Gasteiger partial charge on any atom is 0.269 e. The van der Waals surface area contributed by atoms with E-state index < -0.39 is 5.91 Å². The standard InChI is InChI=1S/C12H19N5O/c1-8(13)9-4-6-17(7-5-9)11-3-2-10(12(14)18)15-16-11/h2-3,8-9H,4-7,13H2,1H3,(H2,14,18). The van der Waals surface area contributed by atoms with Gasteiger partial charge in [-0.2, -0.15) is 0 Å². The second-order valence-corrected chi connectivity index (χ2v) is 4.82. The van der Waals surface area contributed by atoms with Crippen LogP contribution in [0.5, 0.6) is 0 Å². The van der Waals surface area contributed by atoms with E-state index in [9.17, 15) is 4.79 Å². The highest BCUT2D eigenvalue weighted by molar-refractivity contribution is 5.90. The Labute approximate surface area is 106 Å². The van der Waals surface area contributed by atoms with E-state index in [4.69, 9.17) is 11.5 Å². The molecule has 6 nitrogen and oxygen atoms in total. The number of rotatable bonds is 3.